The molecule has 1 amide bonds. The van der Waals surface area contributed by atoms with Gasteiger partial charge in [0.25, 0.3) is 5.91 Å². The van der Waals surface area contributed by atoms with Crippen molar-refractivity contribution in [1.29, 1.82) is 0 Å². The van der Waals surface area contributed by atoms with Crippen LogP contribution in [0.3, 0.4) is 0 Å². The maximum atomic E-state index is 12.2. The van der Waals surface area contributed by atoms with Crippen molar-refractivity contribution in [3.63, 3.8) is 0 Å². The second kappa shape index (κ2) is 7.73. The zero-order chi connectivity index (χ0) is 18.6. The van der Waals surface area contributed by atoms with Crippen LogP contribution < -0.4 is 10.2 Å². The molecular formula is C19H21N5O3. The highest BCUT2D eigenvalue weighted by Gasteiger charge is 2.18. The zero-order valence-electron chi connectivity index (χ0n) is 14.8. The largest absolute Gasteiger partial charge is 0.395 e. The number of benzene rings is 1. The smallest absolute Gasteiger partial charge is 0.251 e. The Morgan fingerprint density at radius 1 is 1.26 bits per heavy atom. The van der Waals surface area contributed by atoms with Crippen LogP contribution in [0.1, 0.15) is 10.4 Å². The third kappa shape index (κ3) is 3.49. The lowest BCUT2D eigenvalue weighted by Gasteiger charge is -2.27. The summed E-state index contributed by atoms with van der Waals surface area (Å²) in [5, 5.41) is 11.5. The van der Waals surface area contributed by atoms with Crippen LogP contribution >= 0.6 is 0 Å². The van der Waals surface area contributed by atoms with Crippen LogP contribution in [-0.4, -0.2) is 64.8 Å². The molecule has 3 heterocycles. The molecule has 0 bridgehead atoms. The van der Waals surface area contributed by atoms with Gasteiger partial charge in [-0.2, -0.15) is 0 Å². The Hall–Kier alpha value is -2.97. The van der Waals surface area contributed by atoms with Crippen LogP contribution in [0.2, 0.25) is 0 Å². The Bertz CT molecular complexity index is 949. The molecule has 0 atom stereocenters. The molecule has 2 N–H and O–H groups in total. The van der Waals surface area contributed by atoms with Gasteiger partial charge in [0.1, 0.15) is 0 Å². The molecule has 140 valence electrons. The molecule has 1 saturated heterocycles. The minimum Gasteiger partial charge on any atom is -0.395 e. The molecule has 27 heavy (non-hydrogen) atoms. The van der Waals surface area contributed by atoms with Crippen LogP contribution in [0.4, 0.5) is 5.82 Å². The summed E-state index contributed by atoms with van der Waals surface area (Å²) in [4.78, 5) is 23.4. The first-order chi connectivity index (χ1) is 13.3. The minimum atomic E-state index is -0.213. The number of nitrogens with zero attached hydrogens (tertiary/aromatic N) is 4. The number of anilines is 1. The average molecular weight is 367 g/mol. The highest BCUT2D eigenvalue weighted by Crippen LogP contribution is 2.26. The molecule has 1 fully saturated rings. The van der Waals surface area contributed by atoms with Gasteiger partial charge < -0.3 is 20.1 Å². The fourth-order valence-corrected chi connectivity index (χ4v) is 3.21. The molecule has 0 saturated carbocycles. The number of ether oxygens (including phenoxy) is 1. The lowest BCUT2D eigenvalue weighted by molar-refractivity contribution is 0.0945. The Kier molecular flexibility index (Phi) is 4.99. The van der Waals surface area contributed by atoms with Crippen LogP contribution in [0.15, 0.2) is 42.9 Å². The lowest BCUT2D eigenvalue weighted by atomic mass is 10.1. The van der Waals surface area contributed by atoms with E-state index in [2.05, 4.69) is 20.2 Å². The molecule has 8 heteroatoms. The molecule has 1 aromatic carbocycles. The normalized spacial score (nSPS) is 14.5. The van der Waals surface area contributed by atoms with E-state index in [9.17, 15) is 4.79 Å². The monoisotopic (exact) mass is 367 g/mol. The Balaban J connectivity index is 1.69. The van der Waals surface area contributed by atoms with Gasteiger partial charge in [-0.25, -0.2) is 9.97 Å². The second-order valence-electron chi connectivity index (χ2n) is 6.25. The van der Waals surface area contributed by atoms with E-state index in [4.69, 9.17) is 9.84 Å². The number of fused-ring (bicyclic) bond motifs is 1. The van der Waals surface area contributed by atoms with Crippen molar-refractivity contribution in [1.82, 2.24) is 19.7 Å². The zero-order valence-corrected chi connectivity index (χ0v) is 14.8. The number of aliphatic hydroxyl groups excluding tert-OH is 1. The summed E-state index contributed by atoms with van der Waals surface area (Å²) in [6.07, 6.45) is 5.44. The summed E-state index contributed by atoms with van der Waals surface area (Å²) >= 11 is 0. The summed E-state index contributed by atoms with van der Waals surface area (Å²) in [6, 6.07) is 7.36. The van der Waals surface area contributed by atoms with Gasteiger partial charge in [0.15, 0.2) is 11.5 Å². The van der Waals surface area contributed by atoms with Crippen molar-refractivity contribution in [2.75, 3.05) is 44.4 Å². The fourth-order valence-electron chi connectivity index (χ4n) is 3.21. The van der Waals surface area contributed by atoms with Crippen LogP contribution in [0, 0.1) is 0 Å². The van der Waals surface area contributed by atoms with E-state index in [1.165, 1.54) is 0 Å². The average Bonchev–Trinajstić information content (AvgIpc) is 3.17. The molecule has 0 unspecified atom stereocenters. The number of rotatable bonds is 5. The predicted octanol–water partition coefficient (Wildman–Crippen LogP) is 0.955. The van der Waals surface area contributed by atoms with E-state index in [1.54, 1.807) is 18.5 Å². The molecule has 0 aliphatic carbocycles. The Labute approximate surface area is 156 Å². The van der Waals surface area contributed by atoms with E-state index in [1.807, 2.05) is 28.8 Å². The van der Waals surface area contributed by atoms with Crippen molar-refractivity contribution in [2.24, 2.45) is 0 Å². The molecule has 0 spiro atoms. The molecule has 8 nitrogen and oxygen atoms in total. The summed E-state index contributed by atoms with van der Waals surface area (Å²) in [6.45, 7) is 3.08. The van der Waals surface area contributed by atoms with Crippen molar-refractivity contribution in [2.45, 2.75) is 0 Å². The third-order valence-electron chi connectivity index (χ3n) is 4.54. The maximum Gasteiger partial charge on any atom is 0.251 e. The first kappa shape index (κ1) is 17.4. The van der Waals surface area contributed by atoms with Gasteiger partial charge in [-0.15, -0.1) is 0 Å². The molecule has 1 aliphatic rings. The van der Waals surface area contributed by atoms with Gasteiger partial charge in [0, 0.05) is 43.2 Å². The van der Waals surface area contributed by atoms with Crippen molar-refractivity contribution >= 4 is 17.4 Å². The minimum absolute atomic E-state index is 0.0873. The van der Waals surface area contributed by atoms with Crippen LogP contribution in [-0.2, 0) is 4.74 Å². The Morgan fingerprint density at radius 3 is 2.93 bits per heavy atom. The van der Waals surface area contributed by atoms with Gasteiger partial charge in [0.05, 0.1) is 31.7 Å². The van der Waals surface area contributed by atoms with Gasteiger partial charge in [0.2, 0.25) is 0 Å². The lowest BCUT2D eigenvalue weighted by Crippen LogP contribution is -2.37. The van der Waals surface area contributed by atoms with E-state index < -0.39 is 0 Å². The molecule has 3 aromatic rings. The Morgan fingerprint density at radius 2 is 2.11 bits per heavy atom. The number of hydrogen-bond acceptors (Lipinski definition) is 6. The molecule has 0 radical (unpaired) electrons. The number of aromatic nitrogens is 3. The SMILES string of the molecule is O=C(NCCO)c1cccc(-c2cnc3c(N4CCOCC4)nccn23)c1. The van der Waals surface area contributed by atoms with E-state index in [0.717, 1.165) is 35.8 Å². The first-order valence-electron chi connectivity index (χ1n) is 8.92. The summed E-state index contributed by atoms with van der Waals surface area (Å²) < 4.78 is 7.41. The highest BCUT2D eigenvalue weighted by atomic mass is 16.5. The molecule has 1 aliphatic heterocycles. The van der Waals surface area contributed by atoms with E-state index in [0.29, 0.717) is 18.8 Å². The number of hydrogen-bond donors (Lipinski definition) is 2. The van der Waals surface area contributed by atoms with Gasteiger partial charge in [-0.3, -0.25) is 9.20 Å². The van der Waals surface area contributed by atoms with Gasteiger partial charge in [-0.1, -0.05) is 12.1 Å². The molecular weight excluding hydrogens is 346 g/mol. The summed E-state index contributed by atoms with van der Waals surface area (Å²) in [5.41, 5.74) is 3.10. The quantitative estimate of drug-likeness (QED) is 0.698. The standard InChI is InChI=1S/C19H21N5O3/c25-9-5-21-19(26)15-3-1-2-14(12-15)16-13-22-18-17(20-4-6-24(16)18)23-7-10-27-11-8-23/h1-4,6,12-13,25H,5,7-11H2,(H,21,26). The third-order valence-corrected chi connectivity index (χ3v) is 4.54. The second-order valence-corrected chi connectivity index (χ2v) is 6.25. The molecule has 4 rings (SSSR count). The number of nitrogens with one attached hydrogen (secondary N) is 1. The van der Waals surface area contributed by atoms with E-state index >= 15 is 0 Å². The number of morpholine rings is 1. The van der Waals surface area contributed by atoms with Crippen molar-refractivity contribution in [3.05, 3.63) is 48.4 Å². The number of aliphatic hydroxyl groups is 1. The summed E-state index contributed by atoms with van der Waals surface area (Å²) in [7, 11) is 0. The number of amides is 1. The maximum absolute atomic E-state index is 12.2. The van der Waals surface area contributed by atoms with Crippen molar-refractivity contribution < 1.29 is 14.6 Å². The van der Waals surface area contributed by atoms with Crippen molar-refractivity contribution in [3.8, 4) is 11.3 Å². The van der Waals surface area contributed by atoms with Gasteiger partial charge in [-0.05, 0) is 12.1 Å². The number of carbonyl (C=O) groups is 1. The predicted molar refractivity (Wildman–Crippen MR) is 101 cm³/mol. The number of carbonyl (C=O) groups excluding carboxylic acids is 1. The van der Waals surface area contributed by atoms with Crippen LogP contribution in [0.25, 0.3) is 16.9 Å². The number of imidazole rings is 1. The molecule has 2 aromatic heterocycles. The van der Waals surface area contributed by atoms with Crippen LogP contribution in [0.5, 0.6) is 0 Å². The summed E-state index contributed by atoms with van der Waals surface area (Å²) in [5.74, 6) is 0.624. The topological polar surface area (TPSA) is 92.0 Å². The highest BCUT2D eigenvalue weighted by molar-refractivity contribution is 5.95. The first-order valence-corrected chi connectivity index (χ1v) is 8.92. The fraction of sp³-hybridized carbons (Fsp3) is 0.316. The van der Waals surface area contributed by atoms with Gasteiger partial charge >= 0.3 is 0 Å². The van der Waals surface area contributed by atoms with E-state index in [-0.39, 0.29) is 19.1 Å².